The molecule has 0 heterocycles. The molecule has 3 aromatic carbocycles. The lowest BCUT2D eigenvalue weighted by Gasteiger charge is -2.23. The molecule has 0 aliphatic carbocycles. The number of carbonyl (C=O) groups is 1. The van der Waals surface area contributed by atoms with Crippen molar-refractivity contribution in [2.75, 3.05) is 17.9 Å². The van der Waals surface area contributed by atoms with Crippen LogP contribution in [0.15, 0.2) is 83.8 Å². The van der Waals surface area contributed by atoms with Crippen molar-refractivity contribution in [2.24, 2.45) is 0 Å². The average molecular weight is 427 g/mol. The Morgan fingerprint density at radius 3 is 2.20 bits per heavy atom. The molecule has 7 heteroatoms. The predicted molar refractivity (Wildman–Crippen MR) is 115 cm³/mol. The number of rotatable bonds is 7. The van der Waals surface area contributed by atoms with E-state index in [1.165, 1.54) is 21.3 Å². The van der Waals surface area contributed by atoms with Crippen molar-refractivity contribution in [3.63, 3.8) is 0 Å². The molecule has 3 rings (SSSR count). The zero-order chi connectivity index (χ0) is 21.7. The summed E-state index contributed by atoms with van der Waals surface area (Å²) in [5.41, 5.74) is 1.59. The molecule has 0 unspecified atom stereocenters. The minimum Gasteiger partial charge on any atom is -0.337 e. The van der Waals surface area contributed by atoms with Gasteiger partial charge < -0.3 is 4.90 Å². The highest BCUT2D eigenvalue weighted by Crippen LogP contribution is 2.24. The van der Waals surface area contributed by atoms with Crippen molar-refractivity contribution < 1.29 is 17.6 Å². The Morgan fingerprint density at radius 2 is 1.60 bits per heavy atom. The number of nitrogens with zero attached hydrogens (tertiary/aromatic N) is 2. The van der Waals surface area contributed by atoms with Crippen LogP contribution in [0.4, 0.5) is 10.1 Å². The molecular weight excluding hydrogens is 403 g/mol. The van der Waals surface area contributed by atoms with E-state index < -0.39 is 10.0 Å². The van der Waals surface area contributed by atoms with Gasteiger partial charge in [-0.25, -0.2) is 12.8 Å². The van der Waals surface area contributed by atoms with Gasteiger partial charge in [0.25, 0.3) is 15.9 Å². The van der Waals surface area contributed by atoms with Gasteiger partial charge in [-0.3, -0.25) is 9.10 Å². The second-order valence-corrected chi connectivity index (χ2v) is 8.68. The van der Waals surface area contributed by atoms with Crippen LogP contribution in [-0.4, -0.2) is 32.8 Å². The van der Waals surface area contributed by atoms with Gasteiger partial charge in [0.1, 0.15) is 5.82 Å². The van der Waals surface area contributed by atoms with Gasteiger partial charge in [-0.05, 0) is 61.0 Å². The molecule has 3 aromatic rings. The summed E-state index contributed by atoms with van der Waals surface area (Å²) in [6, 6.07) is 20.8. The molecular formula is C23H23FN2O3S. The molecule has 0 N–H and O–H groups in total. The quantitative estimate of drug-likeness (QED) is 0.566. The number of carbonyl (C=O) groups excluding carboxylic acids is 1. The van der Waals surface area contributed by atoms with Gasteiger partial charge in [0.15, 0.2) is 0 Å². The molecule has 0 aliphatic heterocycles. The fraction of sp³-hybridized carbons (Fsp3) is 0.174. The number of hydrogen-bond acceptors (Lipinski definition) is 3. The van der Waals surface area contributed by atoms with Crippen LogP contribution in [0.2, 0.25) is 0 Å². The van der Waals surface area contributed by atoms with Gasteiger partial charge in [-0.15, -0.1) is 0 Å². The van der Waals surface area contributed by atoms with E-state index in [9.17, 15) is 17.6 Å². The van der Waals surface area contributed by atoms with Crippen molar-refractivity contribution in [1.82, 2.24) is 4.90 Å². The maximum atomic E-state index is 13.4. The SMILES string of the molecule is CCN(c1ccc(C(=O)N(C)Cc2cccc(F)c2)cc1)S(=O)(=O)c1ccccc1. The third kappa shape index (κ3) is 4.68. The highest BCUT2D eigenvalue weighted by atomic mass is 32.2. The van der Waals surface area contributed by atoms with E-state index in [1.54, 1.807) is 80.7 Å². The van der Waals surface area contributed by atoms with Crippen molar-refractivity contribution in [2.45, 2.75) is 18.4 Å². The maximum absolute atomic E-state index is 13.4. The van der Waals surface area contributed by atoms with Gasteiger partial charge in [-0.1, -0.05) is 30.3 Å². The summed E-state index contributed by atoms with van der Waals surface area (Å²) in [5, 5.41) is 0. The van der Waals surface area contributed by atoms with Crippen LogP contribution < -0.4 is 4.31 Å². The van der Waals surface area contributed by atoms with Crippen LogP contribution in [0.25, 0.3) is 0 Å². The van der Waals surface area contributed by atoms with E-state index >= 15 is 0 Å². The lowest BCUT2D eigenvalue weighted by atomic mass is 10.1. The second-order valence-electron chi connectivity index (χ2n) is 6.82. The van der Waals surface area contributed by atoms with Gasteiger partial charge in [0.2, 0.25) is 0 Å². The fourth-order valence-electron chi connectivity index (χ4n) is 3.18. The van der Waals surface area contributed by atoms with Gasteiger partial charge >= 0.3 is 0 Å². The number of amides is 1. The van der Waals surface area contributed by atoms with E-state index in [-0.39, 0.29) is 29.7 Å². The van der Waals surface area contributed by atoms with Crippen LogP contribution >= 0.6 is 0 Å². The van der Waals surface area contributed by atoms with Crippen LogP contribution in [0.3, 0.4) is 0 Å². The Labute approximate surface area is 176 Å². The molecule has 0 aliphatic rings. The number of sulfonamides is 1. The Morgan fingerprint density at radius 1 is 0.933 bits per heavy atom. The molecule has 1 amide bonds. The Hall–Kier alpha value is -3.19. The van der Waals surface area contributed by atoms with E-state index in [0.29, 0.717) is 16.8 Å². The summed E-state index contributed by atoms with van der Waals surface area (Å²) in [6.07, 6.45) is 0. The second kappa shape index (κ2) is 9.09. The smallest absolute Gasteiger partial charge is 0.264 e. The Kier molecular flexibility index (Phi) is 6.52. The fourth-order valence-corrected chi connectivity index (χ4v) is 4.68. The van der Waals surface area contributed by atoms with Crippen LogP contribution in [0.1, 0.15) is 22.8 Å². The zero-order valence-corrected chi connectivity index (χ0v) is 17.6. The first-order valence-electron chi connectivity index (χ1n) is 9.50. The molecule has 0 bridgehead atoms. The molecule has 0 fully saturated rings. The van der Waals surface area contributed by atoms with Gasteiger partial charge in [0.05, 0.1) is 10.6 Å². The number of hydrogen-bond donors (Lipinski definition) is 0. The summed E-state index contributed by atoms with van der Waals surface area (Å²) in [5.74, 6) is -0.586. The first kappa shape index (κ1) is 21.5. The first-order valence-corrected chi connectivity index (χ1v) is 10.9. The van der Waals surface area contributed by atoms with Crippen LogP contribution in [-0.2, 0) is 16.6 Å². The number of halogens is 1. The summed E-state index contributed by atoms with van der Waals surface area (Å²) >= 11 is 0. The van der Waals surface area contributed by atoms with Crippen molar-refractivity contribution in [3.8, 4) is 0 Å². The number of anilines is 1. The van der Waals surface area contributed by atoms with Gasteiger partial charge in [-0.2, -0.15) is 0 Å². The van der Waals surface area contributed by atoms with Crippen molar-refractivity contribution >= 4 is 21.6 Å². The Bertz CT molecular complexity index is 1120. The van der Waals surface area contributed by atoms with Gasteiger partial charge in [0, 0.05) is 25.7 Å². The lowest BCUT2D eigenvalue weighted by Crippen LogP contribution is -2.31. The summed E-state index contributed by atoms with van der Waals surface area (Å²) in [4.78, 5) is 14.4. The summed E-state index contributed by atoms with van der Waals surface area (Å²) in [6.45, 7) is 2.28. The summed E-state index contributed by atoms with van der Waals surface area (Å²) in [7, 11) is -2.06. The molecule has 0 spiro atoms. The Balaban J connectivity index is 1.78. The first-order chi connectivity index (χ1) is 14.3. The van der Waals surface area contributed by atoms with E-state index in [0.717, 1.165) is 0 Å². The molecule has 0 radical (unpaired) electrons. The molecule has 0 aromatic heterocycles. The minimum absolute atomic E-state index is 0.210. The van der Waals surface area contributed by atoms with E-state index in [4.69, 9.17) is 0 Å². The topological polar surface area (TPSA) is 57.7 Å². The highest BCUT2D eigenvalue weighted by Gasteiger charge is 2.23. The molecule has 0 atom stereocenters. The monoisotopic (exact) mass is 426 g/mol. The summed E-state index contributed by atoms with van der Waals surface area (Å²) < 4.78 is 40.5. The van der Waals surface area contributed by atoms with Crippen molar-refractivity contribution in [1.29, 1.82) is 0 Å². The largest absolute Gasteiger partial charge is 0.337 e. The minimum atomic E-state index is -3.70. The highest BCUT2D eigenvalue weighted by molar-refractivity contribution is 7.92. The number of benzene rings is 3. The normalized spacial score (nSPS) is 11.2. The molecule has 0 saturated carbocycles. The van der Waals surface area contributed by atoms with Crippen LogP contribution in [0, 0.1) is 5.82 Å². The molecule has 0 saturated heterocycles. The molecule has 5 nitrogen and oxygen atoms in total. The van der Waals surface area contributed by atoms with Crippen molar-refractivity contribution in [3.05, 3.63) is 95.8 Å². The standard InChI is InChI=1S/C23H23FN2O3S/c1-3-26(30(28,29)22-10-5-4-6-11-22)21-14-12-19(13-15-21)23(27)25(2)17-18-8-7-9-20(24)16-18/h4-16H,3,17H2,1-2H3. The van der Waals surface area contributed by atoms with Crippen LogP contribution in [0.5, 0.6) is 0 Å². The third-order valence-corrected chi connectivity index (χ3v) is 6.59. The zero-order valence-electron chi connectivity index (χ0n) is 16.8. The maximum Gasteiger partial charge on any atom is 0.264 e. The van der Waals surface area contributed by atoms with E-state index in [1.807, 2.05) is 0 Å². The predicted octanol–water partition coefficient (Wildman–Crippen LogP) is 4.31. The molecule has 156 valence electrons. The lowest BCUT2D eigenvalue weighted by molar-refractivity contribution is 0.0785. The average Bonchev–Trinajstić information content (AvgIpc) is 2.74. The third-order valence-electron chi connectivity index (χ3n) is 4.68. The van der Waals surface area contributed by atoms with E-state index in [2.05, 4.69) is 0 Å². The molecule has 30 heavy (non-hydrogen) atoms.